The van der Waals surface area contributed by atoms with Crippen molar-refractivity contribution in [2.75, 3.05) is 7.11 Å². The van der Waals surface area contributed by atoms with Crippen LogP contribution < -0.4 is 19.6 Å². The van der Waals surface area contributed by atoms with Crippen molar-refractivity contribution in [3.05, 3.63) is 111 Å². The quantitative estimate of drug-likeness (QED) is 0.156. The van der Waals surface area contributed by atoms with Gasteiger partial charge in [0.25, 0.3) is 11.2 Å². The van der Waals surface area contributed by atoms with E-state index in [0.717, 1.165) is 15.8 Å². The van der Waals surface area contributed by atoms with Gasteiger partial charge in [0.15, 0.2) is 4.80 Å². The number of esters is 1. The number of non-ortho nitro benzene ring substituents is 1. The number of carbonyl (C=O) groups excluding carboxylic acids is 1. The number of allylic oxidation sites excluding steroid dienone is 1. The SMILES string of the molecule is COc1ccc(Br)cc1[C@H]1C(C(=O)OC(C)C)=C(C)N=c2s/c(=C\c3ccc(-c4cccc([N+](=O)[O-])c4)o3)c(=O)n21. The summed E-state index contributed by atoms with van der Waals surface area (Å²) in [5.74, 6) is 0.711. The molecule has 1 aliphatic heterocycles. The maximum atomic E-state index is 13.9. The first kappa shape index (κ1) is 28.2. The van der Waals surface area contributed by atoms with Gasteiger partial charge in [-0.3, -0.25) is 19.5 Å². The molecule has 0 fully saturated rings. The Morgan fingerprint density at radius 3 is 2.71 bits per heavy atom. The smallest absolute Gasteiger partial charge is 0.338 e. The summed E-state index contributed by atoms with van der Waals surface area (Å²) in [5, 5.41) is 11.2. The van der Waals surface area contributed by atoms with Gasteiger partial charge in [0.05, 0.1) is 33.9 Å². The number of fused-ring (bicyclic) bond motifs is 1. The van der Waals surface area contributed by atoms with Crippen LogP contribution in [0.15, 0.2) is 84.5 Å². The van der Waals surface area contributed by atoms with Gasteiger partial charge in [-0.1, -0.05) is 39.4 Å². The van der Waals surface area contributed by atoms with Crippen LogP contribution in [0.3, 0.4) is 0 Å². The van der Waals surface area contributed by atoms with E-state index < -0.39 is 16.9 Å². The summed E-state index contributed by atoms with van der Waals surface area (Å²) in [5.41, 5.74) is 1.35. The number of hydrogen-bond acceptors (Lipinski definition) is 9. The number of nitrogens with zero attached hydrogens (tertiary/aromatic N) is 3. The van der Waals surface area contributed by atoms with Crippen molar-refractivity contribution in [1.82, 2.24) is 4.57 Å². The van der Waals surface area contributed by atoms with Crippen LogP contribution in [0.5, 0.6) is 5.75 Å². The number of hydrogen-bond donors (Lipinski definition) is 0. The highest BCUT2D eigenvalue weighted by molar-refractivity contribution is 9.10. The third-order valence-electron chi connectivity index (χ3n) is 6.31. The zero-order valence-electron chi connectivity index (χ0n) is 22.4. The highest BCUT2D eigenvalue weighted by Crippen LogP contribution is 2.37. The molecule has 0 radical (unpaired) electrons. The van der Waals surface area contributed by atoms with Crippen LogP contribution in [-0.4, -0.2) is 28.7 Å². The van der Waals surface area contributed by atoms with E-state index in [2.05, 4.69) is 20.9 Å². The summed E-state index contributed by atoms with van der Waals surface area (Å²) in [6.07, 6.45) is 1.21. The van der Waals surface area contributed by atoms with Gasteiger partial charge in [0, 0.05) is 33.8 Å². The minimum Gasteiger partial charge on any atom is -0.496 e. The lowest BCUT2D eigenvalue weighted by Gasteiger charge is -2.26. The number of thiazole rings is 1. The molecule has 2 aromatic carbocycles. The molecule has 210 valence electrons. The normalized spacial score (nSPS) is 15.1. The molecule has 0 bridgehead atoms. The molecular weight excluding hydrogens is 614 g/mol. The van der Waals surface area contributed by atoms with Crippen LogP contribution in [0.2, 0.25) is 0 Å². The Morgan fingerprint density at radius 1 is 1.22 bits per heavy atom. The summed E-state index contributed by atoms with van der Waals surface area (Å²) < 4.78 is 19.6. The average Bonchev–Trinajstić information content (AvgIpc) is 3.51. The standard InChI is InChI=1S/C29H24BrN3O7S/c1-15(2)39-28(35)25-16(3)31-29-32(26(25)21-13-18(30)8-10-23(21)38-4)27(34)24(41-29)14-20-9-11-22(40-20)17-6-5-7-19(12-17)33(36)37/h5-15,26H,1-4H3/b24-14-/t26-/m0/s1. The average molecular weight is 638 g/mol. The first-order valence-electron chi connectivity index (χ1n) is 12.5. The molecule has 41 heavy (non-hydrogen) atoms. The number of rotatable bonds is 7. The molecule has 1 aliphatic rings. The van der Waals surface area contributed by atoms with Gasteiger partial charge >= 0.3 is 5.97 Å². The molecule has 12 heteroatoms. The predicted molar refractivity (Wildman–Crippen MR) is 156 cm³/mol. The molecule has 0 saturated heterocycles. The number of ether oxygens (including phenoxy) is 2. The van der Waals surface area contributed by atoms with Gasteiger partial charge in [-0.05, 0) is 51.1 Å². The third-order valence-corrected chi connectivity index (χ3v) is 7.79. The summed E-state index contributed by atoms with van der Waals surface area (Å²) in [7, 11) is 1.52. The van der Waals surface area contributed by atoms with Gasteiger partial charge in [0.1, 0.15) is 23.3 Å². The number of halogens is 1. The maximum absolute atomic E-state index is 13.9. The summed E-state index contributed by atoms with van der Waals surface area (Å²) >= 11 is 4.65. The van der Waals surface area contributed by atoms with Crippen molar-refractivity contribution in [1.29, 1.82) is 0 Å². The molecule has 0 saturated carbocycles. The third kappa shape index (κ3) is 5.52. The highest BCUT2D eigenvalue weighted by Gasteiger charge is 2.35. The van der Waals surface area contributed by atoms with Crippen molar-refractivity contribution < 1.29 is 23.6 Å². The fourth-order valence-corrected chi connectivity index (χ4v) is 5.97. The van der Waals surface area contributed by atoms with E-state index in [1.165, 1.54) is 23.8 Å². The fourth-order valence-electron chi connectivity index (χ4n) is 4.56. The molecule has 1 atom stereocenters. The van der Waals surface area contributed by atoms with Gasteiger partial charge in [0.2, 0.25) is 0 Å². The van der Waals surface area contributed by atoms with E-state index >= 15 is 0 Å². The van der Waals surface area contributed by atoms with Crippen LogP contribution in [0.4, 0.5) is 5.69 Å². The minimum atomic E-state index is -0.857. The number of aromatic nitrogens is 1. The second kappa shape index (κ2) is 11.3. The van der Waals surface area contributed by atoms with Crippen molar-refractivity contribution in [2.45, 2.75) is 32.9 Å². The zero-order valence-corrected chi connectivity index (χ0v) is 24.8. The lowest BCUT2D eigenvalue weighted by Crippen LogP contribution is -2.40. The largest absolute Gasteiger partial charge is 0.496 e. The second-order valence-corrected chi connectivity index (χ2v) is 11.4. The zero-order chi connectivity index (χ0) is 29.4. The Hall–Kier alpha value is -4.29. The van der Waals surface area contributed by atoms with Crippen LogP contribution in [-0.2, 0) is 9.53 Å². The van der Waals surface area contributed by atoms with Crippen LogP contribution in [0.1, 0.15) is 38.1 Å². The Labute approximate surface area is 246 Å². The maximum Gasteiger partial charge on any atom is 0.338 e. The molecule has 3 heterocycles. The number of furan rings is 1. The summed E-state index contributed by atoms with van der Waals surface area (Å²) in [6, 6.07) is 14.0. The molecule has 0 unspecified atom stereocenters. The molecule has 0 aliphatic carbocycles. The predicted octanol–water partition coefficient (Wildman–Crippen LogP) is 5.13. The summed E-state index contributed by atoms with van der Waals surface area (Å²) in [6.45, 7) is 5.22. The number of methoxy groups -OCH3 is 1. The van der Waals surface area contributed by atoms with Gasteiger partial charge in [-0.15, -0.1) is 0 Å². The Balaban J connectivity index is 1.66. The van der Waals surface area contributed by atoms with E-state index in [4.69, 9.17) is 13.9 Å². The number of nitro groups is 1. The monoisotopic (exact) mass is 637 g/mol. The Bertz CT molecular complexity index is 1900. The Morgan fingerprint density at radius 2 is 2.00 bits per heavy atom. The molecule has 5 rings (SSSR count). The number of benzene rings is 2. The second-order valence-electron chi connectivity index (χ2n) is 9.43. The fraction of sp³-hybridized carbons (Fsp3) is 0.207. The number of carbonyl (C=O) groups is 1. The molecule has 0 amide bonds. The van der Waals surface area contributed by atoms with E-state index in [1.807, 2.05) is 6.07 Å². The highest BCUT2D eigenvalue weighted by atomic mass is 79.9. The van der Waals surface area contributed by atoms with Crippen molar-refractivity contribution in [3.8, 4) is 17.1 Å². The lowest BCUT2D eigenvalue weighted by atomic mass is 9.95. The van der Waals surface area contributed by atoms with Gasteiger partial charge in [-0.25, -0.2) is 9.79 Å². The van der Waals surface area contributed by atoms with Crippen LogP contribution in [0.25, 0.3) is 17.4 Å². The molecular formula is C29H24BrN3O7S. The molecule has 10 nitrogen and oxygen atoms in total. The van der Waals surface area contributed by atoms with Crippen LogP contribution >= 0.6 is 27.3 Å². The van der Waals surface area contributed by atoms with Gasteiger partial charge in [-0.2, -0.15) is 0 Å². The molecule has 2 aromatic heterocycles. The van der Waals surface area contributed by atoms with Gasteiger partial charge < -0.3 is 13.9 Å². The van der Waals surface area contributed by atoms with Crippen molar-refractivity contribution >= 4 is 45.0 Å². The molecule has 0 spiro atoms. The van der Waals surface area contributed by atoms with Crippen molar-refractivity contribution in [2.24, 2.45) is 4.99 Å². The summed E-state index contributed by atoms with van der Waals surface area (Å²) in [4.78, 5) is 43.0. The van der Waals surface area contributed by atoms with Crippen LogP contribution in [0, 0.1) is 10.1 Å². The van der Waals surface area contributed by atoms with E-state index in [0.29, 0.717) is 43.4 Å². The minimum absolute atomic E-state index is 0.0566. The topological polar surface area (TPSA) is 126 Å². The first-order valence-corrected chi connectivity index (χ1v) is 14.1. The first-order chi connectivity index (χ1) is 19.6. The van der Waals surface area contributed by atoms with Crippen molar-refractivity contribution in [3.63, 3.8) is 0 Å². The van der Waals surface area contributed by atoms with E-state index in [9.17, 15) is 19.7 Å². The Kier molecular flexibility index (Phi) is 7.78. The number of nitro benzene ring substituents is 1. The van der Waals surface area contributed by atoms with E-state index in [1.54, 1.807) is 63.2 Å². The molecule has 4 aromatic rings. The molecule has 0 N–H and O–H groups in total. The lowest BCUT2D eigenvalue weighted by molar-refractivity contribution is -0.384. The van der Waals surface area contributed by atoms with E-state index in [-0.39, 0.29) is 22.9 Å².